The fraction of sp³-hybridized carbons (Fsp3) is 0.304. The third kappa shape index (κ3) is 5.45. The van der Waals surface area contributed by atoms with Crippen molar-refractivity contribution in [3.8, 4) is 22.7 Å². The van der Waals surface area contributed by atoms with Gasteiger partial charge in [0, 0.05) is 23.9 Å². The maximum atomic E-state index is 11.2. The Labute approximate surface area is 171 Å². The number of carboxylic acids is 1. The summed E-state index contributed by atoms with van der Waals surface area (Å²) in [5.74, 6) is 0.405. The first-order chi connectivity index (χ1) is 13.9. The van der Waals surface area contributed by atoms with E-state index in [1.54, 1.807) is 6.92 Å². The van der Waals surface area contributed by atoms with Crippen LogP contribution in [0.1, 0.15) is 26.3 Å². The van der Waals surface area contributed by atoms with Gasteiger partial charge in [-0.15, -0.1) is 0 Å². The number of nitrogens with zero attached hydrogens (tertiary/aromatic N) is 2. The highest BCUT2D eigenvalue weighted by atomic mass is 16.5. The Bertz CT molecular complexity index is 934. The van der Waals surface area contributed by atoms with E-state index in [1.807, 2.05) is 65.5 Å². The predicted octanol–water partition coefficient (Wildman–Crippen LogP) is 4.14. The second-order valence-electron chi connectivity index (χ2n) is 7.45. The summed E-state index contributed by atoms with van der Waals surface area (Å²) in [6, 6.07) is 17.1. The van der Waals surface area contributed by atoms with Crippen LogP contribution in [-0.2, 0) is 11.3 Å². The Balaban J connectivity index is 1.88. The van der Waals surface area contributed by atoms with E-state index in [1.165, 1.54) is 0 Å². The molecule has 0 saturated heterocycles. The summed E-state index contributed by atoms with van der Waals surface area (Å²) >= 11 is 0. The van der Waals surface area contributed by atoms with Crippen LogP contribution in [-0.4, -0.2) is 33.5 Å². The first-order valence-corrected chi connectivity index (χ1v) is 9.77. The highest BCUT2D eigenvalue weighted by Crippen LogP contribution is 2.26. The number of aliphatic carboxylic acids is 1. The number of hydrogen-bond donors (Lipinski definition) is 2. The highest BCUT2D eigenvalue weighted by molar-refractivity contribution is 5.73. The summed E-state index contributed by atoms with van der Waals surface area (Å²) < 4.78 is 7.59. The van der Waals surface area contributed by atoms with Crippen LogP contribution in [0.3, 0.4) is 0 Å². The summed E-state index contributed by atoms with van der Waals surface area (Å²) in [6.07, 6.45) is 1.94. The molecule has 0 unspecified atom stereocenters. The Morgan fingerprint density at radius 1 is 1.10 bits per heavy atom. The summed E-state index contributed by atoms with van der Waals surface area (Å²) in [5, 5.41) is 17.0. The molecule has 0 bridgehead atoms. The number of para-hydroxylation sites is 1. The second kappa shape index (κ2) is 9.39. The largest absolute Gasteiger partial charge is 0.493 e. The number of benzene rings is 2. The fourth-order valence-electron chi connectivity index (χ4n) is 2.82. The molecule has 3 aromatic rings. The molecule has 0 aliphatic heterocycles. The van der Waals surface area contributed by atoms with Crippen LogP contribution in [0.15, 0.2) is 60.8 Å². The number of ether oxygens (including phenoxy) is 1. The van der Waals surface area contributed by atoms with Crippen molar-refractivity contribution in [3.05, 3.63) is 66.4 Å². The Morgan fingerprint density at radius 2 is 1.79 bits per heavy atom. The van der Waals surface area contributed by atoms with Gasteiger partial charge < -0.3 is 15.2 Å². The van der Waals surface area contributed by atoms with E-state index in [4.69, 9.17) is 14.9 Å². The van der Waals surface area contributed by atoms with Gasteiger partial charge in [-0.1, -0.05) is 32.0 Å². The molecule has 2 aromatic carbocycles. The molecular formula is C23H27N3O3. The van der Waals surface area contributed by atoms with E-state index in [-0.39, 0.29) is 0 Å². The van der Waals surface area contributed by atoms with Crippen molar-refractivity contribution in [3.63, 3.8) is 0 Å². The molecule has 0 fully saturated rings. The SMILES string of the molecule is CC(C)COc1ccc(-c2nn(-c3ccccc3)cc2CN[C@@H](C)C(=O)O)cc1. The lowest BCUT2D eigenvalue weighted by molar-refractivity contribution is -0.139. The lowest BCUT2D eigenvalue weighted by atomic mass is 10.1. The van der Waals surface area contributed by atoms with Crippen LogP contribution in [0.25, 0.3) is 16.9 Å². The summed E-state index contributed by atoms with van der Waals surface area (Å²) in [6.45, 7) is 6.93. The molecule has 0 aliphatic rings. The van der Waals surface area contributed by atoms with Crippen LogP contribution < -0.4 is 10.1 Å². The van der Waals surface area contributed by atoms with E-state index >= 15 is 0 Å². The number of nitrogens with one attached hydrogen (secondary N) is 1. The third-order valence-electron chi connectivity index (χ3n) is 4.49. The van der Waals surface area contributed by atoms with Crippen LogP contribution in [0.4, 0.5) is 0 Å². The van der Waals surface area contributed by atoms with Crippen molar-refractivity contribution in [1.82, 2.24) is 15.1 Å². The zero-order valence-electron chi connectivity index (χ0n) is 17.0. The van der Waals surface area contributed by atoms with Gasteiger partial charge in [0.1, 0.15) is 11.8 Å². The van der Waals surface area contributed by atoms with E-state index in [0.717, 1.165) is 28.3 Å². The third-order valence-corrected chi connectivity index (χ3v) is 4.49. The normalized spacial score (nSPS) is 12.1. The van der Waals surface area contributed by atoms with E-state index in [0.29, 0.717) is 19.1 Å². The maximum absolute atomic E-state index is 11.2. The zero-order chi connectivity index (χ0) is 20.8. The number of carboxylic acid groups (broad SMARTS) is 1. The summed E-state index contributed by atoms with van der Waals surface area (Å²) in [7, 11) is 0. The van der Waals surface area contributed by atoms with Gasteiger partial charge in [0.2, 0.25) is 0 Å². The molecule has 6 nitrogen and oxygen atoms in total. The van der Waals surface area contributed by atoms with Crippen LogP contribution >= 0.6 is 0 Å². The molecule has 0 amide bonds. The van der Waals surface area contributed by atoms with Gasteiger partial charge in [-0.25, -0.2) is 4.68 Å². The number of rotatable bonds is 9. The van der Waals surface area contributed by atoms with Gasteiger partial charge in [-0.2, -0.15) is 5.10 Å². The Hall–Kier alpha value is -3.12. The Kier molecular flexibility index (Phi) is 6.67. The molecule has 1 heterocycles. The molecule has 29 heavy (non-hydrogen) atoms. The minimum atomic E-state index is -0.881. The molecule has 2 N–H and O–H groups in total. The topological polar surface area (TPSA) is 76.4 Å². The zero-order valence-corrected chi connectivity index (χ0v) is 17.0. The van der Waals surface area contributed by atoms with Crippen LogP contribution in [0.5, 0.6) is 5.75 Å². The molecule has 0 saturated carbocycles. The van der Waals surface area contributed by atoms with Gasteiger partial charge in [-0.3, -0.25) is 4.79 Å². The van der Waals surface area contributed by atoms with Crippen molar-refractivity contribution in [2.24, 2.45) is 5.92 Å². The average Bonchev–Trinajstić information content (AvgIpc) is 3.15. The monoisotopic (exact) mass is 393 g/mol. The predicted molar refractivity (Wildman–Crippen MR) is 113 cm³/mol. The van der Waals surface area contributed by atoms with Crippen molar-refractivity contribution in [2.75, 3.05) is 6.61 Å². The van der Waals surface area contributed by atoms with Gasteiger partial charge >= 0.3 is 5.97 Å². The first-order valence-electron chi connectivity index (χ1n) is 9.77. The first kappa shape index (κ1) is 20.6. The van der Waals surface area contributed by atoms with Gasteiger partial charge in [0.15, 0.2) is 0 Å². The minimum Gasteiger partial charge on any atom is -0.493 e. The van der Waals surface area contributed by atoms with Crippen LogP contribution in [0.2, 0.25) is 0 Å². The molecule has 152 valence electrons. The van der Waals surface area contributed by atoms with Gasteiger partial charge in [0.05, 0.1) is 18.0 Å². The molecule has 1 atom stereocenters. The summed E-state index contributed by atoms with van der Waals surface area (Å²) in [4.78, 5) is 11.2. The smallest absolute Gasteiger partial charge is 0.320 e. The number of hydrogen-bond acceptors (Lipinski definition) is 4. The number of carbonyl (C=O) groups is 1. The van der Waals surface area contributed by atoms with Gasteiger partial charge in [-0.05, 0) is 49.2 Å². The minimum absolute atomic E-state index is 0.404. The highest BCUT2D eigenvalue weighted by Gasteiger charge is 2.15. The van der Waals surface area contributed by atoms with Crippen molar-refractivity contribution in [1.29, 1.82) is 0 Å². The Morgan fingerprint density at radius 3 is 2.41 bits per heavy atom. The van der Waals surface area contributed by atoms with E-state index < -0.39 is 12.0 Å². The maximum Gasteiger partial charge on any atom is 0.320 e. The molecule has 0 aliphatic carbocycles. The standard InChI is InChI=1S/C23H27N3O3/c1-16(2)15-29-21-11-9-18(10-12-21)22-19(13-24-17(3)23(27)28)14-26(25-22)20-7-5-4-6-8-20/h4-12,14,16-17,24H,13,15H2,1-3H3,(H,27,28)/t17-/m0/s1. The van der Waals surface area contributed by atoms with Crippen molar-refractivity contribution < 1.29 is 14.6 Å². The van der Waals surface area contributed by atoms with E-state index in [9.17, 15) is 4.79 Å². The lowest BCUT2D eigenvalue weighted by Crippen LogP contribution is -2.33. The average molecular weight is 393 g/mol. The molecule has 0 spiro atoms. The van der Waals surface area contributed by atoms with Crippen LogP contribution in [0, 0.1) is 5.92 Å². The molecular weight excluding hydrogens is 366 g/mol. The second-order valence-corrected chi connectivity index (χ2v) is 7.45. The molecule has 1 aromatic heterocycles. The molecule has 6 heteroatoms. The number of aromatic nitrogens is 2. The quantitative estimate of drug-likeness (QED) is 0.571. The molecule has 3 rings (SSSR count). The van der Waals surface area contributed by atoms with Crippen molar-refractivity contribution >= 4 is 5.97 Å². The van der Waals surface area contributed by atoms with E-state index in [2.05, 4.69) is 19.2 Å². The lowest BCUT2D eigenvalue weighted by Gasteiger charge is -2.10. The molecule has 0 radical (unpaired) electrons. The van der Waals surface area contributed by atoms with Crippen molar-refractivity contribution in [2.45, 2.75) is 33.4 Å². The fourth-order valence-corrected chi connectivity index (χ4v) is 2.82. The summed E-state index contributed by atoms with van der Waals surface area (Å²) in [5.41, 5.74) is 3.65. The van der Waals surface area contributed by atoms with Gasteiger partial charge in [0.25, 0.3) is 0 Å².